The smallest absolute Gasteiger partial charge is 0.257 e. The lowest BCUT2D eigenvalue weighted by Gasteiger charge is -2.31. The summed E-state index contributed by atoms with van der Waals surface area (Å²) in [5.74, 6) is 1.08. The van der Waals surface area contributed by atoms with Crippen molar-refractivity contribution in [3.05, 3.63) is 35.7 Å². The van der Waals surface area contributed by atoms with Crippen LogP contribution < -0.4 is 0 Å². The van der Waals surface area contributed by atoms with Crippen LogP contribution in [-0.2, 0) is 4.74 Å². The van der Waals surface area contributed by atoms with E-state index in [-0.39, 0.29) is 12.0 Å². The molecule has 110 valence electrons. The highest BCUT2D eigenvalue weighted by Gasteiger charge is 2.22. The number of nitrogens with zero attached hydrogens (tertiary/aromatic N) is 3. The Balaban J connectivity index is 1.76. The number of benzene rings is 1. The maximum Gasteiger partial charge on any atom is 0.257 e. The molecule has 1 fully saturated rings. The van der Waals surface area contributed by atoms with E-state index in [0.717, 1.165) is 5.56 Å². The van der Waals surface area contributed by atoms with Crippen LogP contribution in [0.15, 0.2) is 28.8 Å². The summed E-state index contributed by atoms with van der Waals surface area (Å²) >= 11 is 0. The zero-order valence-electron chi connectivity index (χ0n) is 12.1. The summed E-state index contributed by atoms with van der Waals surface area (Å²) in [6.45, 7) is 5.59. The Kier molecular flexibility index (Phi) is 3.70. The summed E-state index contributed by atoms with van der Waals surface area (Å²) in [6.07, 6.45) is 0.0864. The first-order valence-electron chi connectivity index (χ1n) is 6.95. The van der Waals surface area contributed by atoms with E-state index in [1.165, 1.54) is 0 Å². The van der Waals surface area contributed by atoms with Crippen LogP contribution in [0.4, 0.5) is 0 Å². The Labute approximate surface area is 122 Å². The fourth-order valence-electron chi connectivity index (χ4n) is 2.36. The van der Waals surface area contributed by atoms with Gasteiger partial charge in [0.05, 0.1) is 12.7 Å². The highest BCUT2D eigenvalue weighted by molar-refractivity contribution is 5.94. The normalized spacial score (nSPS) is 18.8. The molecule has 2 aromatic rings. The molecule has 1 aromatic carbocycles. The van der Waals surface area contributed by atoms with Crippen molar-refractivity contribution in [3.63, 3.8) is 0 Å². The highest BCUT2D eigenvalue weighted by atomic mass is 16.5. The monoisotopic (exact) mass is 287 g/mol. The largest absolute Gasteiger partial charge is 0.375 e. The minimum atomic E-state index is 0.0263. The molecule has 0 radical (unpaired) electrons. The van der Waals surface area contributed by atoms with Crippen LogP contribution in [0.3, 0.4) is 0 Å². The van der Waals surface area contributed by atoms with E-state index < -0.39 is 0 Å². The second-order valence-corrected chi connectivity index (χ2v) is 5.16. The van der Waals surface area contributed by atoms with E-state index in [9.17, 15) is 4.79 Å². The van der Waals surface area contributed by atoms with Crippen molar-refractivity contribution in [1.82, 2.24) is 15.0 Å². The van der Waals surface area contributed by atoms with E-state index in [1.54, 1.807) is 19.1 Å². The quantitative estimate of drug-likeness (QED) is 0.844. The zero-order chi connectivity index (χ0) is 14.8. The lowest BCUT2D eigenvalue weighted by molar-refractivity contribution is -0.0124. The molecule has 1 unspecified atom stereocenters. The van der Waals surface area contributed by atoms with Gasteiger partial charge in [-0.05, 0) is 38.1 Å². The molecular formula is C15H17N3O3. The van der Waals surface area contributed by atoms with Gasteiger partial charge in [-0.25, -0.2) is 0 Å². The molecule has 0 saturated carbocycles. The Morgan fingerprint density at radius 2 is 2.10 bits per heavy atom. The summed E-state index contributed by atoms with van der Waals surface area (Å²) in [5.41, 5.74) is 1.46. The number of carbonyl (C=O) groups is 1. The molecule has 1 amide bonds. The molecule has 0 N–H and O–H groups in total. The second kappa shape index (κ2) is 5.65. The molecule has 6 nitrogen and oxygen atoms in total. The predicted octanol–water partition coefficient (Wildman–Crippen LogP) is 1.91. The Hall–Kier alpha value is -2.21. The van der Waals surface area contributed by atoms with Gasteiger partial charge < -0.3 is 14.2 Å². The highest BCUT2D eigenvalue weighted by Crippen LogP contribution is 2.19. The van der Waals surface area contributed by atoms with Crippen molar-refractivity contribution in [1.29, 1.82) is 0 Å². The van der Waals surface area contributed by atoms with Gasteiger partial charge in [0.2, 0.25) is 0 Å². The third-order valence-electron chi connectivity index (χ3n) is 3.43. The fourth-order valence-corrected chi connectivity index (χ4v) is 2.36. The molecule has 3 rings (SSSR count). The summed E-state index contributed by atoms with van der Waals surface area (Å²) in [4.78, 5) is 18.4. The van der Waals surface area contributed by atoms with Crippen LogP contribution in [0, 0.1) is 6.92 Å². The molecule has 1 aromatic heterocycles. The van der Waals surface area contributed by atoms with Gasteiger partial charge in [0, 0.05) is 24.2 Å². The number of morpholine rings is 1. The minimum absolute atomic E-state index is 0.0263. The Morgan fingerprint density at radius 1 is 1.33 bits per heavy atom. The maximum atomic E-state index is 12.4. The van der Waals surface area contributed by atoms with Crippen molar-refractivity contribution in [2.75, 3.05) is 19.7 Å². The summed E-state index contributed by atoms with van der Waals surface area (Å²) < 4.78 is 10.6. The first kappa shape index (κ1) is 13.8. The van der Waals surface area contributed by atoms with Gasteiger partial charge in [0.15, 0.2) is 5.82 Å². The number of hydrogen-bond donors (Lipinski definition) is 0. The molecule has 1 atom stereocenters. The number of carbonyl (C=O) groups excluding carboxylic acids is 1. The van der Waals surface area contributed by atoms with Crippen molar-refractivity contribution in [2.24, 2.45) is 0 Å². The molecule has 1 saturated heterocycles. The van der Waals surface area contributed by atoms with Gasteiger partial charge in [-0.2, -0.15) is 4.98 Å². The van der Waals surface area contributed by atoms with Gasteiger partial charge in [0.25, 0.3) is 11.8 Å². The van der Waals surface area contributed by atoms with Crippen LogP contribution in [-0.4, -0.2) is 46.7 Å². The third kappa shape index (κ3) is 2.95. The van der Waals surface area contributed by atoms with E-state index in [4.69, 9.17) is 9.26 Å². The van der Waals surface area contributed by atoms with Crippen molar-refractivity contribution >= 4 is 5.91 Å². The molecule has 1 aliphatic rings. The lowest BCUT2D eigenvalue weighted by Crippen LogP contribution is -2.44. The molecule has 2 heterocycles. The van der Waals surface area contributed by atoms with Crippen molar-refractivity contribution in [3.8, 4) is 11.5 Å². The number of hydrogen-bond acceptors (Lipinski definition) is 5. The first-order chi connectivity index (χ1) is 10.1. The van der Waals surface area contributed by atoms with Gasteiger partial charge in [-0.15, -0.1) is 0 Å². The first-order valence-corrected chi connectivity index (χ1v) is 6.95. The summed E-state index contributed by atoms with van der Waals surface area (Å²) in [6, 6.07) is 7.22. The zero-order valence-corrected chi connectivity index (χ0v) is 12.1. The van der Waals surface area contributed by atoms with Crippen LogP contribution in [0.2, 0.25) is 0 Å². The second-order valence-electron chi connectivity index (χ2n) is 5.16. The topological polar surface area (TPSA) is 68.5 Å². The van der Waals surface area contributed by atoms with Crippen LogP contribution in [0.1, 0.15) is 23.1 Å². The van der Waals surface area contributed by atoms with Crippen LogP contribution in [0.5, 0.6) is 0 Å². The van der Waals surface area contributed by atoms with Gasteiger partial charge >= 0.3 is 0 Å². The molecule has 0 aliphatic carbocycles. The predicted molar refractivity (Wildman–Crippen MR) is 75.8 cm³/mol. The standard InChI is InChI=1S/C15H17N3O3/c1-10-9-18(7-8-20-10)15(19)13-5-3-12(4-6-13)14-16-11(2)17-21-14/h3-6,10H,7-9H2,1-2H3. The van der Waals surface area contributed by atoms with Crippen LogP contribution >= 0.6 is 0 Å². The van der Waals surface area contributed by atoms with Crippen LogP contribution in [0.25, 0.3) is 11.5 Å². The van der Waals surface area contributed by atoms with E-state index in [2.05, 4.69) is 10.1 Å². The molecule has 1 aliphatic heterocycles. The SMILES string of the molecule is Cc1noc(-c2ccc(C(=O)N3CCOC(C)C3)cc2)n1. The minimum Gasteiger partial charge on any atom is -0.375 e. The van der Waals surface area contributed by atoms with Crippen molar-refractivity contribution in [2.45, 2.75) is 20.0 Å². The average Bonchev–Trinajstić information content (AvgIpc) is 2.93. The number of amides is 1. The Morgan fingerprint density at radius 3 is 2.71 bits per heavy atom. The number of aryl methyl sites for hydroxylation is 1. The van der Waals surface area contributed by atoms with E-state index in [1.807, 2.05) is 24.0 Å². The fraction of sp³-hybridized carbons (Fsp3) is 0.400. The molecule has 0 bridgehead atoms. The number of ether oxygens (including phenoxy) is 1. The molecular weight excluding hydrogens is 270 g/mol. The van der Waals surface area contributed by atoms with Crippen molar-refractivity contribution < 1.29 is 14.1 Å². The Bertz CT molecular complexity index is 636. The van der Waals surface area contributed by atoms with E-state index >= 15 is 0 Å². The average molecular weight is 287 g/mol. The molecule has 21 heavy (non-hydrogen) atoms. The van der Waals surface area contributed by atoms with Gasteiger partial charge in [0.1, 0.15) is 0 Å². The lowest BCUT2D eigenvalue weighted by atomic mass is 10.1. The summed E-state index contributed by atoms with van der Waals surface area (Å²) in [7, 11) is 0. The maximum absolute atomic E-state index is 12.4. The summed E-state index contributed by atoms with van der Waals surface area (Å²) in [5, 5.41) is 3.76. The number of rotatable bonds is 2. The molecule has 0 spiro atoms. The molecule has 6 heteroatoms. The van der Waals surface area contributed by atoms with Gasteiger partial charge in [-0.1, -0.05) is 5.16 Å². The van der Waals surface area contributed by atoms with Gasteiger partial charge in [-0.3, -0.25) is 4.79 Å². The third-order valence-corrected chi connectivity index (χ3v) is 3.43. The van der Waals surface area contributed by atoms with E-state index in [0.29, 0.717) is 37.0 Å². The number of aromatic nitrogens is 2.